The zero-order chi connectivity index (χ0) is 10.4. The van der Waals surface area contributed by atoms with Crippen molar-refractivity contribution >= 4 is 0 Å². The van der Waals surface area contributed by atoms with Crippen molar-refractivity contribution in [3.63, 3.8) is 0 Å². The van der Waals surface area contributed by atoms with Gasteiger partial charge in [0.25, 0.3) is 0 Å². The highest BCUT2D eigenvalue weighted by molar-refractivity contribution is 4.99. The Morgan fingerprint density at radius 1 is 1.43 bits per heavy atom. The minimum absolute atomic E-state index is 0.0177. The number of nitriles is 1. The van der Waals surface area contributed by atoms with E-state index in [4.69, 9.17) is 5.26 Å². The number of hydrogen-bond donors (Lipinski definition) is 0. The fourth-order valence-electron chi connectivity index (χ4n) is 1.86. The Morgan fingerprint density at radius 2 is 2.21 bits per heavy atom. The molecule has 0 aromatic heterocycles. The van der Waals surface area contributed by atoms with Gasteiger partial charge in [-0.3, -0.25) is 4.90 Å². The number of likely N-dealkylation sites (N-methyl/N-ethyl adjacent to an activating group) is 1. The summed E-state index contributed by atoms with van der Waals surface area (Å²) in [5.74, 6) is 0. The lowest BCUT2D eigenvalue weighted by atomic mass is 10.0. The maximum absolute atomic E-state index is 8.85. The molecule has 0 amide bonds. The van der Waals surface area contributed by atoms with Crippen molar-refractivity contribution in [1.82, 2.24) is 4.90 Å². The molecular weight excluding hydrogens is 172 g/mol. The van der Waals surface area contributed by atoms with Crippen LogP contribution in [0.25, 0.3) is 0 Å². The third-order valence-corrected chi connectivity index (χ3v) is 3.05. The van der Waals surface area contributed by atoms with Crippen LogP contribution in [0.4, 0.5) is 0 Å². The van der Waals surface area contributed by atoms with Crippen molar-refractivity contribution in [2.75, 3.05) is 7.05 Å². The Bertz CT molecular complexity index is 227. The van der Waals surface area contributed by atoms with E-state index in [1.807, 2.05) is 14.0 Å². The van der Waals surface area contributed by atoms with Gasteiger partial charge in [0.15, 0.2) is 0 Å². The lowest BCUT2D eigenvalue weighted by molar-refractivity contribution is 0.237. The fraction of sp³-hybridized carbons (Fsp3) is 0.750. The third-order valence-electron chi connectivity index (χ3n) is 3.05. The van der Waals surface area contributed by atoms with Crippen LogP contribution in [-0.2, 0) is 0 Å². The number of allylic oxidation sites excluding steroid dienone is 1. The SMILES string of the molecule is CC(C#N)N(C)C1/C=C\CCCCC1. The van der Waals surface area contributed by atoms with Gasteiger partial charge in [0.05, 0.1) is 12.1 Å². The van der Waals surface area contributed by atoms with Gasteiger partial charge < -0.3 is 0 Å². The van der Waals surface area contributed by atoms with Gasteiger partial charge in [0.1, 0.15) is 0 Å². The van der Waals surface area contributed by atoms with Crippen LogP contribution in [0, 0.1) is 11.3 Å². The lowest BCUT2D eigenvalue weighted by Crippen LogP contribution is -2.36. The molecule has 2 heteroatoms. The lowest BCUT2D eigenvalue weighted by Gasteiger charge is -2.28. The number of nitrogens with zero attached hydrogens (tertiary/aromatic N) is 2. The Morgan fingerprint density at radius 3 is 2.93 bits per heavy atom. The molecule has 2 atom stereocenters. The molecule has 0 radical (unpaired) electrons. The number of rotatable bonds is 2. The topological polar surface area (TPSA) is 27.0 Å². The first-order valence-electron chi connectivity index (χ1n) is 5.54. The molecule has 0 aromatic carbocycles. The van der Waals surface area contributed by atoms with Gasteiger partial charge in [-0.25, -0.2) is 0 Å². The molecular formula is C12H20N2. The Balaban J connectivity index is 2.55. The minimum atomic E-state index is 0.0177. The first-order valence-corrected chi connectivity index (χ1v) is 5.54. The van der Waals surface area contributed by atoms with Gasteiger partial charge in [-0.2, -0.15) is 5.26 Å². The second-order valence-electron chi connectivity index (χ2n) is 4.10. The van der Waals surface area contributed by atoms with E-state index >= 15 is 0 Å². The van der Waals surface area contributed by atoms with Gasteiger partial charge in [-0.1, -0.05) is 25.0 Å². The smallest absolute Gasteiger partial charge is 0.0951 e. The molecule has 0 saturated carbocycles. The summed E-state index contributed by atoms with van der Waals surface area (Å²) < 4.78 is 0. The summed E-state index contributed by atoms with van der Waals surface area (Å²) >= 11 is 0. The minimum Gasteiger partial charge on any atom is -0.285 e. The molecule has 0 saturated heterocycles. The zero-order valence-electron chi connectivity index (χ0n) is 9.24. The quantitative estimate of drug-likeness (QED) is 0.629. The Kier molecular flexibility index (Phi) is 4.69. The first-order chi connectivity index (χ1) is 6.75. The van der Waals surface area contributed by atoms with Crippen LogP contribution in [0.1, 0.15) is 39.0 Å². The summed E-state index contributed by atoms with van der Waals surface area (Å²) in [6.45, 7) is 1.96. The summed E-state index contributed by atoms with van der Waals surface area (Å²) in [4.78, 5) is 2.17. The molecule has 0 spiro atoms. The summed E-state index contributed by atoms with van der Waals surface area (Å²) in [7, 11) is 2.05. The molecule has 1 rings (SSSR count). The van der Waals surface area contributed by atoms with E-state index in [0.29, 0.717) is 6.04 Å². The molecule has 0 bridgehead atoms. The van der Waals surface area contributed by atoms with Gasteiger partial charge in [-0.15, -0.1) is 0 Å². The van der Waals surface area contributed by atoms with Crippen LogP contribution in [0.5, 0.6) is 0 Å². The monoisotopic (exact) mass is 192 g/mol. The van der Waals surface area contributed by atoms with Crippen molar-refractivity contribution < 1.29 is 0 Å². The zero-order valence-corrected chi connectivity index (χ0v) is 9.24. The van der Waals surface area contributed by atoms with Crippen LogP contribution in [0.15, 0.2) is 12.2 Å². The van der Waals surface area contributed by atoms with E-state index in [1.54, 1.807) is 0 Å². The second kappa shape index (κ2) is 5.82. The van der Waals surface area contributed by atoms with Crippen molar-refractivity contribution in [2.24, 2.45) is 0 Å². The highest BCUT2D eigenvalue weighted by Gasteiger charge is 2.17. The molecule has 1 aliphatic carbocycles. The van der Waals surface area contributed by atoms with Crippen LogP contribution in [0.3, 0.4) is 0 Å². The van der Waals surface area contributed by atoms with Crippen molar-refractivity contribution in [3.8, 4) is 6.07 Å². The molecule has 0 heterocycles. The van der Waals surface area contributed by atoms with E-state index in [0.717, 1.165) is 0 Å². The average Bonchev–Trinajstić information content (AvgIpc) is 2.15. The molecule has 0 aromatic rings. The van der Waals surface area contributed by atoms with E-state index in [9.17, 15) is 0 Å². The van der Waals surface area contributed by atoms with E-state index < -0.39 is 0 Å². The van der Waals surface area contributed by atoms with Gasteiger partial charge in [0.2, 0.25) is 0 Å². The molecule has 0 N–H and O–H groups in total. The molecule has 14 heavy (non-hydrogen) atoms. The largest absolute Gasteiger partial charge is 0.285 e. The molecule has 2 unspecified atom stereocenters. The van der Waals surface area contributed by atoms with Gasteiger partial charge in [0, 0.05) is 6.04 Å². The molecule has 0 aliphatic heterocycles. The molecule has 1 aliphatic rings. The normalized spacial score (nSPS) is 27.4. The van der Waals surface area contributed by atoms with E-state index in [-0.39, 0.29) is 6.04 Å². The third kappa shape index (κ3) is 3.16. The first kappa shape index (κ1) is 11.3. The Hall–Kier alpha value is -0.810. The average molecular weight is 192 g/mol. The second-order valence-corrected chi connectivity index (χ2v) is 4.10. The Labute approximate surface area is 87.2 Å². The van der Waals surface area contributed by atoms with E-state index in [1.165, 1.54) is 32.1 Å². The summed E-state index contributed by atoms with van der Waals surface area (Å²) in [6, 6.07) is 2.77. The van der Waals surface area contributed by atoms with Crippen LogP contribution >= 0.6 is 0 Å². The molecule has 0 fully saturated rings. The van der Waals surface area contributed by atoms with Gasteiger partial charge in [-0.05, 0) is 33.2 Å². The van der Waals surface area contributed by atoms with Gasteiger partial charge >= 0.3 is 0 Å². The number of hydrogen-bond acceptors (Lipinski definition) is 2. The van der Waals surface area contributed by atoms with E-state index in [2.05, 4.69) is 23.1 Å². The predicted octanol–water partition coefficient (Wildman–Crippen LogP) is 2.72. The summed E-state index contributed by atoms with van der Waals surface area (Å²) in [5, 5.41) is 8.85. The van der Waals surface area contributed by atoms with Crippen molar-refractivity contribution in [1.29, 1.82) is 5.26 Å². The fourth-order valence-corrected chi connectivity index (χ4v) is 1.86. The maximum Gasteiger partial charge on any atom is 0.0951 e. The van der Waals surface area contributed by atoms with Crippen LogP contribution in [-0.4, -0.2) is 24.0 Å². The molecule has 2 nitrogen and oxygen atoms in total. The van der Waals surface area contributed by atoms with Crippen LogP contribution < -0.4 is 0 Å². The summed E-state index contributed by atoms with van der Waals surface area (Å²) in [5.41, 5.74) is 0. The highest BCUT2D eigenvalue weighted by Crippen LogP contribution is 2.16. The maximum atomic E-state index is 8.85. The van der Waals surface area contributed by atoms with Crippen LogP contribution in [0.2, 0.25) is 0 Å². The summed E-state index contributed by atoms with van der Waals surface area (Å²) in [6.07, 6.45) is 10.9. The highest BCUT2D eigenvalue weighted by atomic mass is 15.1. The predicted molar refractivity (Wildman–Crippen MR) is 58.9 cm³/mol. The standard InChI is InChI=1S/C12H20N2/c1-11(10-13)14(2)12-8-6-4-3-5-7-9-12/h6,8,11-12H,3-5,7,9H2,1-2H3/b8-6-. The van der Waals surface area contributed by atoms with Crippen molar-refractivity contribution in [3.05, 3.63) is 12.2 Å². The molecule has 78 valence electrons. The van der Waals surface area contributed by atoms with Crippen molar-refractivity contribution in [2.45, 2.75) is 51.1 Å².